The first-order valence-electron chi connectivity index (χ1n) is 9.84. The number of hydrogen-bond acceptors (Lipinski definition) is 4. The fourth-order valence-corrected chi connectivity index (χ4v) is 6.07. The van der Waals surface area contributed by atoms with Crippen molar-refractivity contribution in [3.05, 3.63) is 46.8 Å². The van der Waals surface area contributed by atoms with E-state index in [4.69, 9.17) is 28.2 Å². The van der Waals surface area contributed by atoms with Crippen LogP contribution in [0, 0.1) is 5.41 Å². The second-order valence-corrected chi connectivity index (χ2v) is 9.84. The lowest BCUT2D eigenvalue weighted by Gasteiger charge is -2.39. The second kappa shape index (κ2) is 7.43. The van der Waals surface area contributed by atoms with Crippen LogP contribution in [0.2, 0.25) is 10.0 Å². The lowest BCUT2D eigenvalue weighted by Crippen LogP contribution is -2.40. The highest BCUT2D eigenvalue weighted by Gasteiger charge is 2.37. The van der Waals surface area contributed by atoms with E-state index in [0.29, 0.717) is 15.5 Å². The molecule has 0 radical (unpaired) electrons. The molecule has 2 aromatic heterocycles. The second-order valence-electron chi connectivity index (χ2n) is 7.91. The molecule has 146 valence electrons. The molecule has 1 spiro atoms. The van der Waals surface area contributed by atoms with Crippen molar-refractivity contribution in [1.29, 1.82) is 0 Å². The summed E-state index contributed by atoms with van der Waals surface area (Å²) in [6, 6.07) is 5.56. The quantitative estimate of drug-likeness (QED) is 0.482. The van der Waals surface area contributed by atoms with E-state index >= 15 is 0 Å². The standard InChI is InChI=1S/C21H22Cl2N4S/c22-15-3-4-17(16(23)13-15)28-18-14-25-20(27-12-9-24-19(18)27)26-10-7-21(8-11-26)5-1-2-6-21/h3-4,9,12-14H,1-2,5-8,10-11H2. The first kappa shape index (κ1) is 18.6. The van der Waals surface area contributed by atoms with Gasteiger partial charge in [0.15, 0.2) is 5.65 Å². The molecule has 28 heavy (non-hydrogen) atoms. The third-order valence-corrected chi connectivity index (χ3v) is 8.00. The molecule has 2 aliphatic rings. The van der Waals surface area contributed by atoms with Crippen molar-refractivity contribution in [3.63, 3.8) is 0 Å². The van der Waals surface area contributed by atoms with Crippen LogP contribution in [-0.4, -0.2) is 27.5 Å². The molecule has 2 fully saturated rings. The number of anilines is 1. The van der Waals surface area contributed by atoms with Crippen molar-refractivity contribution >= 4 is 46.6 Å². The summed E-state index contributed by atoms with van der Waals surface area (Å²) in [5, 5.41) is 1.28. The minimum absolute atomic E-state index is 0.603. The predicted molar refractivity (Wildman–Crippen MR) is 116 cm³/mol. The third kappa shape index (κ3) is 3.38. The molecule has 3 aromatic rings. The number of benzene rings is 1. The SMILES string of the molecule is Clc1ccc(Sc2cnc(N3CCC4(CCCC4)CC3)n3ccnc23)c(Cl)c1. The summed E-state index contributed by atoms with van der Waals surface area (Å²) in [5.74, 6) is 0.993. The third-order valence-electron chi connectivity index (χ3n) is 6.26. The van der Waals surface area contributed by atoms with Crippen molar-refractivity contribution in [1.82, 2.24) is 14.4 Å². The van der Waals surface area contributed by atoms with Crippen LogP contribution < -0.4 is 4.90 Å². The smallest absolute Gasteiger partial charge is 0.211 e. The number of fused-ring (bicyclic) bond motifs is 1. The summed E-state index contributed by atoms with van der Waals surface area (Å²) in [6.45, 7) is 2.16. The maximum Gasteiger partial charge on any atom is 0.211 e. The van der Waals surface area contributed by atoms with Gasteiger partial charge < -0.3 is 4.90 Å². The molecule has 0 amide bonds. The molecule has 5 rings (SSSR count). The van der Waals surface area contributed by atoms with E-state index < -0.39 is 0 Å². The number of nitrogens with zero attached hydrogens (tertiary/aromatic N) is 4. The maximum atomic E-state index is 6.36. The Morgan fingerprint density at radius 3 is 2.50 bits per heavy atom. The van der Waals surface area contributed by atoms with Gasteiger partial charge in [0.25, 0.3) is 0 Å². The van der Waals surface area contributed by atoms with E-state index in [1.807, 2.05) is 30.7 Å². The highest BCUT2D eigenvalue weighted by Crippen LogP contribution is 2.46. The highest BCUT2D eigenvalue weighted by molar-refractivity contribution is 7.99. The zero-order chi connectivity index (χ0) is 19.1. The number of aromatic nitrogens is 3. The van der Waals surface area contributed by atoms with Gasteiger partial charge in [-0.25, -0.2) is 9.97 Å². The van der Waals surface area contributed by atoms with Crippen molar-refractivity contribution in [2.45, 2.75) is 48.3 Å². The van der Waals surface area contributed by atoms with Gasteiger partial charge in [0.1, 0.15) is 0 Å². The minimum Gasteiger partial charge on any atom is -0.342 e. The van der Waals surface area contributed by atoms with Crippen LogP contribution in [0.25, 0.3) is 5.65 Å². The molecule has 1 aromatic carbocycles. The molecule has 1 saturated heterocycles. The van der Waals surface area contributed by atoms with Gasteiger partial charge in [0.05, 0.1) is 9.92 Å². The Bertz CT molecular complexity index is 1000. The van der Waals surface area contributed by atoms with Crippen LogP contribution >= 0.6 is 35.0 Å². The molecule has 0 unspecified atom stereocenters. The topological polar surface area (TPSA) is 33.4 Å². The summed E-state index contributed by atoms with van der Waals surface area (Å²) in [6.07, 6.45) is 14.0. The van der Waals surface area contributed by atoms with E-state index in [9.17, 15) is 0 Å². The van der Waals surface area contributed by atoms with E-state index in [2.05, 4.69) is 14.3 Å². The van der Waals surface area contributed by atoms with Gasteiger partial charge in [-0.1, -0.05) is 47.8 Å². The van der Waals surface area contributed by atoms with E-state index in [1.165, 1.54) is 38.5 Å². The van der Waals surface area contributed by atoms with E-state index in [1.54, 1.807) is 17.8 Å². The van der Waals surface area contributed by atoms with E-state index in [-0.39, 0.29) is 0 Å². The van der Waals surface area contributed by atoms with Gasteiger partial charge in [0, 0.05) is 41.6 Å². The minimum atomic E-state index is 0.603. The van der Waals surface area contributed by atoms with Gasteiger partial charge >= 0.3 is 0 Å². The molecular formula is C21H22Cl2N4S. The van der Waals surface area contributed by atoms with Gasteiger partial charge in [-0.3, -0.25) is 4.40 Å². The van der Waals surface area contributed by atoms with Gasteiger partial charge in [-0.2, -0.15) is 0 Å². The number of rotatable bonds is 3. The van der Waals surface area contributed by atoms with Crippen LogP contribution in [0.15, 0.2) is 46.6 Å². The summed E-state index contributed by atoms with van der Waals surface area (Å²) >= 11 is 13.9. The monoisotopic (exact) mass is 432 g/mol. The van der Waals surface area contributed by atoms with Crippen LogP contribution in [0.1, 0.15) is 38.5 Å². The molecule has 0 atom stereocenters. The van der Waals surface area contributed by atoms with E-state index in [0.717, 1.165) is 34.5 Å². The molecule has 0 N–H and O–H groups in total. The van der Waals surface area contributed by atoms with Crippen molar-refractivity contribution in [3.8, 4) is 0 Å². The van der Waals surface area contributed by atoms with Crippen LogP contribution in [-0.2, 0) is 0 Å². The van der Waals surface area contributed by atoms with Crippen LogP contribution in [0.3, 0.4) is 0 Å². The van der Waals surface area contributed by atoms with Gasteiger partial charge in [-0.15, -0.1) is 0 Å². The normalized spacial score (nSPS) is 19.0. The average Bonchev–Trinajstić information content (AvgIpc) is 3.35. The zero-order valence-corrected chi connectivity index (χ0v) is 17.9. The Kier molecular flexibility index (Phi) is 4.93. The first-order valence-corrected chi connectivity index (χ1v) is 11.4. The Hall–Kier alpha value is -1.43. The number of hydrogen-bond donors (Lipinski definition) is 0. The summed E-state index contributed by atoms with van der Waals surface area (Å²) in [5.41, 5.74) is 1.52. The molecule has 3 heterocycles. The van der Waals surface area contributed by atoms with Crippen molar-refractivity contribution < 1.29 is 0 Å². The molecule has 1 aliphatic carbocycles. The molecule has 1 aliphatic heterocycles. The molecule has 4 nitrogen and oxygen atoms in total. The number of imidazole rings is 1. The lowest BCUT2D eigenvalue weighted by molar-refractivity contribution is 0.225. The predicted octanol–water partition coefficient (Wildman–Crippen LogP) is 6.35. The van der Waals surface area contributed by atoms with Gasteiger partial charge in [-0.05, 0) is 49.3 Å². The van der Waals surface area contributed by atoms with Crippen molar-refractivity contribution in [2.75, 3.05) is 18.0 Å². The van der Waals surface area contributed by atoms with Crippen molar-refractivity contribution in [2.24, 2.45) is 5.41 Å². The first-order chi connectivity index (χ1) is 13.6. The average molecular weight is 433 g/mol. The van der Waals surface area contributed by atoms with Gasteiger partial charge in [0.2, 0.25) is 5.95 Å². The number of piperidine rings is 1. The Morgan fingerprint density at radius 2 is 1.75 bits per heavy atom. The Balaban J connectivity index is 1.42. The summed E-state index contributed by atoms with van der Waals surface area (Å²) in [4.78, 5) is 13.8. The van der Waals surface area contributed by atoms with Crippen LogP contribution in [0.4, 0.5) is 5.95 Å². The number of halogens is 2. The fraction of sp³-hybridized carbons (Fsp3) is 0.429. The van der Waals surface area contributed by atoms with Crippen LogP contribution in [0.5, 0.6) is 0 Å². The highest BCUT2D eigenvalue weighted by atomic mass is 35.5. The molecule has 7 heteroatoms. The fourth-order valence-electron chi connectivity index (χ4n) is 4.67. The largest absolute Gasteiger partial charge is 0.342 e. The Morgan fingerprint density at radius 1 is 0.964 bits per heavy atom. The molecule has 0 bridgehead atoms. The summed E-state index contributed by atoms with van der Waals surface area (Å²) < 4.78 is 2.11. The summed E-state index contributed by atoms with van der Waals surface area (Å²) in [7, 11) is 0. The zero-order valence-electron chi connectivity index (χ0n) is 15.6. The molecular weight excluding hydrogens is 411 g/mol. The Labute approximate surface area is 179 Å². The maximum absolute atomic E-state index is 6.36. The lowest BCUT2D eigenvalue weighted by atomic mass is 9.77. The molecule has 1 saturated carbocycles.